The van der Waals surface area contributed by atoms with Crippen LogP contribution in [0.25, 0.3) is 0 Å². The average molecular weight is 277 g/mol. The van der Waals surface area contributed by atoms with Crippen molar-refractivity contribution in [1.82, 2.24) is 15.2 Å². The van der Waals surface area contributed by atoms with Crippen molar-refractivity contribution >= 4 is 12.0 Å². The number of hydrogen-bond acceptors (Lipinski definition) is 3. The van der Waals surface area contributed by atoms with Crippen LogP contribution < -0.4 is 5.32 Å². The van der Waals surface area contributed by atoms with E-state index in [9.17, 15) is 14.7 Å². The normalized spacial score (nSPS) is 21.8. The molecule has 2 unspecified atom stereocenters. The lowest BCUT2D eigenvalue weighted by molar-refractivity contribution is -0.142. The standard InChI is InChI=1S/C14H19N3O3/c1-10-5-8-17(12(10)13(18)19)14(20)16-7-4-11-3-2-6-15-9-11/h2-3,6,9-10,12H,4-5,7-8H2,1H3,(H,16,20)(H,18,19). The van der Waals surface area contributed by atoms with Crippen molar-refractivity contribution in [3.8, 4) is 0 Å². The van der Waals surface area contributed by atoms with Crippen LogP contribution >= 0.6 is 0 Å². The van der Waals surface area contributed by atoms with Crippen molar-refractivity contribution in [3.63, 3.8) is 0 Å². The molecule has 1 aromatic heterocycles. The van der Waals surface area contributed by atoms with Gasteiger partial charge in [-0.05, 0) is 30.4 Å². The van der Waals surface area contributed by atoms with E-state index in [1.54, 1.807) is 12.4 Å². The Bertz CT molecular complexity index is 478. The van der Waals surface area contributed by atoms with Gasteiger partial charge in [0.25, 0.3) is 0 Å². The van der Waals surface area contributed by atoms with Crippen molar-refractivity contribution in [3.05, 3.63) is 30.1 Å². The van der Waals surface area contributed by atoms with Crippen molar-refractivity contribution in [2.75, 3.05) is 13.1 Å². The number of urea groups is 1. The number of hydrogen-bond donors (Lipinski definition) is 2. The van der Waals surface area contributed by atoms with Crippen molar-refractivity contribution in [2.45, 2.75) is 25.8 Å². The van der Waals surface area contributed by atoms with Crippen molar-refractivity contribution in [1.29, 1.82) is 0 Å². The Hall–Kier alpha value is -2.11. The van der Waals surface area contributed by atoms with Gasteiger partial charge >= 0.3 is 12.0 Å². The number of carboxylic acid groups (broad SMARTS) is 1. The minimum atomic E-state index is -0.933. The second-order valence-corrected chi connectivity index (χ2v) is 5.09. The van der Waals surface area contributed by atoms with E-state index in [4.69, 9.17) is 0 Å². The van der Waals surface area contributed by atoms with E-state index in [1.807, 2.05) is 19.1 Å². The predicted octanol–water partition coefficient (Wildman–Crippen LogP) is 1.13. The van der Waals surface area contributed by atoms with E-state index in [1.165, 1.54) is 4.90 Å². The molecule has 1 aliphatic rings. The summed E-state index contributed by atoms with van der Waals surface area (Å²) < 4.78 is 0. The Morgan fingerprint density at radius 3 is 3.00 bits per heavy atom. The maximum absolute atomic E-state index is 12.0. The smallest absolute Gasteiger partial charge is 0.326 e. The van der Waals surface area contributed by atoms with Gasteiger partial charge in [-0.25, -0.2) is 9.59 Å². The molecule has 0 aliphatic carbocycles. The van der Waals surface area contributed by atoms with Gasteiger partial charge in [0.1, 0.15) is 6.04 Å². The molecular formula is C14H19N3O3. The molecule has 20 heavy (non-hydrogen) atoms. The summed E-state index contributed by atoms with van der Waals surface area (Å²) in [5, 5.41) is 12.0. The third kappa shape index (κ3) is 3.26. The van der Waals surface area contributed by atoms with E-state index in [0.29, 0.717) is 19.5 Å². The van der Waals surface area contributed by atoms with E-state index >= 15 is 0 Å². The first kappa shape index (κ1) is 14.3. The minimum absolute atomic E-state index is 0.00317. The van der Waals surface area contributed by atoms with Crippen LogP contribution in [0.1, 0.15) is 18.9 Å². The average Bonchev–Trinajstić information content (AvgIpc) is 2.82. The third-order valence-corrected chi connectivity index (χ3v) is 3.63. The number of carboxylic acids is 1. The molecule has 6 nitrogen and oxygen atoms in total. The van der Waals surface area contributed by atoms with Gasteiger partial charge in [-0.15, -0.1) is 0 Å². The number of carbonyl (C=O) groups excluding carboxylic acids is 1. The van der Waals surface area contributed by atoms with Crippen LogP contribution in [-0.2, 0) is 11.2 Å². The molecule has 1 saturated heterocycles. The first-order valence-electron chi connectivity index (χ1n) is 6.76. The molecular weight excluding hydrogens is 258 g/mol. The highest BCUT2D eigenvalue weighted by atomic mass is 16.4. The van der Waals surface area contributed by atoms with Crippen LogP contribution in [0, 0.1) is 5.92 Å². The van der Waals surface area contributed by atoms with Gasteiger partial charge in [0.2, 0.25) is 0 Å². The second-order valence-electron chi connectivity index (χ2n) is 5.09. The number of likely N-dealkylation sites (tertiary alicyclic amines) is 1. The molecule has 0 saturated carbocycles. The topological polar surface area (TPSA) is 82.5 Å². The number of nitrogens with one attached hydrogen (secondary N) is 1. The summed E-state index contributed by atoms with van der Waals surface area (Å²) in [6.07, 6.45) is 4.86. The molecule has 2 N–H and O–H groups in total. The van der Waals surface area contributed by atoms with Gasteiger partial charge < -0.3 is 15.3 Å². The largest absolute Gasteiger partial charge is 0.480 e. The highest BCUT2D eigenvalue weighted by Gasteiger charge is 2.39. The molecule has 2 amide bonds. The van der Waals surface area contributed by atoms with E-state index in [-0.39, 0.29) is 11.9 Å². The number of aromatic nitrogens is 1. The first-order chi connectivity index (χ1) is 9.59. The van der Waals surface area contributed by atoms with Crippen LogP contribution in [0.2, 0.25) is 0 Å². The molecule has 2 atom stereocenters. The summed E-state index contributed by atoms with van der Waals surface area (Å²) in [7, 11) is 0. The Kier molecular flexibility index (Phi) is 4.55. The van der Waals surface area contributed by atoms with Gasteiger partial charge in [0.05, 0.1) is 0 Å². The number of nitrogens with zero attached hydrogens (tertiary/aromatic N) is 2. The number of rotatable bonds is 4. The SMILES string of the molecule is CC1CCN(C(=O)NCCc2cccnc2)C1C(=O)O. The molecule has 1 aliphatic heterocycles. The molecule has 2 heterocycles. The molecule has 0 aromatic carbocycles. The Morgan fingerprint density at radius 1 is 1.55 bits per heavy atom. The van der Waals surface area contributed by atoms with Crippen LogP contribution in [0.4, 0.5) is 4.79 Å². The fraction of sp³-hybridized carbons (Fsp3) is 0.500. The number of carbonyl (C=O) groups is 2. The lowest BCUT2D eigenvalue weighted by Crippen LogP contribution is -2.47. The molecule has 2 rings (SSSR count). The second kappa shape index (κ2) is 6.36. The highest BCUT2D eigenvalue weighted by molar-refractivity contribution is 5.83. The summed E-state index contributed by atoms with van der Waals surface area (Å²) in [5.41, 5.74) is 1.04. The number of aliphatic carboxylic acids is 1. The fourth-order valence-corrected chi connectivity index (χ4v) is 2.51. The number of amides is 2. The Morgan fingerprint density at radius 2 is 2.35 bits per heavy atom. The summed E-state index contributed by atoms with van der Waals surface area (Å²) in [6.45, 7) is 2.83. The van der Waals surface area contributed by atoms with Crippen LogP contribution in [0.5, 0.6) is 0 Å². The Labute approximate surface area is 117 Å². The van der Waals surface area contributed by atoms with Crippen molar-refractivity contribution < 1.29 is 14.7 Å². The van der Waals surface area contributed by atoms with Gasteiger partial charge in [0, 0.05) is 25.5 Å². The van der Waals surface area contributed by atoms with E-state index < -0.39 is 12.0 Å². The van der Waals surface area contributed by atoms with Crippen molar-refractivity contribution in [2.24, 2.45) is 5.92 Å². The Balaban J connectivity index is 1.84. The first-order valence-corrected chi connectivity index (χ1v) is 6.76. The quantitative estimate of drug-likeness (QED) is 0.864. The summed E-state index contributed by atoms with van der Waals surface area (Å²) in [6, 6.07) is 2.77. The zero-order valence-electron chi connectivity index (χ0n) is 11.5. The molecule has 1 aromatic rings. The van der Waals surface area contributed by atoms with Gasteiger partial charge in [-0.1, -0.05) is 13.0 Å². The lowest BCUT2D eigenvalue weighted by Gasteiger charge is -2.23. The van der Waals surface area contributed by atoms with Crippen LogP contribution in [-0.4, -0.2) is 46.1 Å². The molecule has 0 bridgehead atoms. The zero-order valence-corrected chi connectivity index (χ0v) is 11.5. The monoisotopic (exact) mass is 277 g/mol. The van der Waals surface area contributed by atoms with Crippen LogP contribution in [0.15, 0.2) is 24.5 Å². The summed E-state index contributed by atoms with van der Waals surface area (Å²) in [4.78, 5) is 28.6. The summed E-state index contributed by atoms with van der Waals surface area (Å²) >= 11 is 0. The van der Waals surface area contributed by atoms with Gasteiger partial charge in [0.15, 0.2) is 0 Å². The summed E-state index contributed by atoms with van der Waals surface area (Å²) in [5.74, 6) is -0.936. The molecule has 0 spiro atoms. The van der Waals surface area contributed by atoms with E-state index in [0.717, 1.165) is 12.0 Å². The van der Waals surface area contributed by atoms with E-state index in [2.05, 4.69) is 10.3 Å². The molecule has 1 fully saturated rings. The maximum atomic E-state index is 12.0. The highest BCUT2D eigenvalue weighted by Crippen LogP contribution is 2.23. The maximum Gasteiger partial charge on any atom is 0.326 e. The fourth-order valence-electron chi connectivity index (χ4n) is 2.51. The van der Waals surface area contributed by atoms with Gasteiger partial charge in [-0.2, -0.15) is 0 Å². The minimum Gasteiger partial charge on any atom is -0.480 e. The molecule has 0 radical (unpaired) electrons. The number of pyridine rings is 1. The molecule has 6 heteroatoms. The zero-order chi connectivity index (χ0) is 14.5. The third-order valence-electron chi connectivity index (χ3n) is 3.63. The lowest BCUT2D eigenvalue weighted by atomic mass is 10.0. The van der Waals surface area contributed by atoms with Gasteiger partial charge in [-0.3, -0.25) is 4.98 Å². The molecule has 108 valence electrons. The predicted molar refractivity (Wildman–Crippen MR) is 73.3 cm³/mol. The van der Waals surface area contributed by atoms with Crippen LogP contribution in [0.3, 0.4) is 0 Å².